The van der Waals surface area contributed by atoms with E-state index in [9.17, 15) is 13.2 Å². The van der Waals surface area contributed by atoms with E-state index in [0.717, 1.165) is 5.82 Å². The van der Waals surface area contributed by atoms with Crippen molar-refractivity contribution in [3.05, 3.63) is 42.2 Å². The predicted octanol–water partition coefficient (Wildman–Crippen LogP) is 0.378. The van der Waals surface area contributed by atoms with E-state index >= 15 is 0 Å². The molecule has 1 amide bonds. The number of amides is 1. The lowest BCUT2D eigenvalue weighted by atomic mass is 10.0. The molecule has 4 rings (SSSR count). The molecule has 2 fully saturated rings. The topological polar surface area (TPSA) is 101 Å². The molecule has 0 N–H and O–H groups in total. The highest BCUT2D eigenvalue weighted by molar-refractivity contribution is 7.91. The molecule has 0 spiro atoms. The van der Waals surface area contributed by atoms with Crippen LogP contribution in [0.5, 0.6) is 0 Å². The molecule has 2 saturated heterocycles. The summed E-state index contributed by atoms with van der Waals surface area (Å²) in [5.74, 6) is 0.642. The van der Waals surface area contributed by atoms with E-state index in [0.29, 0.717) is 25.3 Å². The summed E-state index contributed by atoms with van der Waals surface area (Å²) in [7, 11) is -3.21. The molecule has 0 aliphatic carbocycles. The number of nitrogens with zero attached hydrogens (tertiary/aromatic N) is 6. The van der Waals surface area contributed by atoms with Gasteiger partial charge in [-0.2, -0.15) is 0 Å². The van der Waals surface area contributed by atoms with Crippen molar-refractivity contribution in [2.75, 3.05) is 24.6 Å². The Balaban J connectivity index is 1.59. The Hall–Kier alpha value is -2.33. The third kappa shape index (κ3) is 3.53. The Morgan fingerprint density at radius 1 is 1.21 bits per heavy atom. The van der Waals surface area contributed by atoms with E-state index < -0.39 is 9.84 Å². The van der Waals surface area contributed by atoms with Crippen LogP contribution in [0.15, 0.2) is 30.7 Å². The van der Waals surface area contributed by atoms with Crippen molar-refractivity contribution in [1.82, 2.24) is 29.5 Å². The summed E-state index contributed by atoms with van der Waals surface area (Å²) in [5, 5.41) is 8.22. The Kier molecular flexibility index (Phi) is 4.92. The molecule has 10 heteroatoms. The normalized spacial score (nSPS) is 24.5. The zero-order chi connectivity index (χ0) is 19.9. The van der Waals surface area contributed by atoms with Crippen molar-refractivity contribution in [2.24, 2.45) is 0 Å². The molecule has 2 aliphatic rings. The lowest BCUT2D eigenvalue weighted by Gasteiger charge is -2.43. The van der Waals surface area contributed by atoms with Crippen LogP contribution in [0, 0.1) is 0 Å². The zero-order valence-corrected chi connectivity index (χ0v) is 16.8. The average molecular weight is 404 g/mol. The summed E-state index contributed by atoms with van der Waals surface area (Å²) in [5.41, 5.74) is 0.346. The molecular weight excluding hydrogens is 380 g/mol. The molecular formula is C18H24N6O3S. The molecule has 9 nitrogen and oxygen atoms in total. The predicted molar refractivity (Wildman–Crippen MR) is 102 cm³/mol. The van der Waals surface area contributed by atoms with Crippen LogP contribution in [0.1, 0.15) is 36.2 Å². The van der Waals surface area contributed by atoms with Gasteiger partial charge in [0.25, 0.3) is 5.91 Å². The number of hydrogen-bond acceptors (Lipinski definition) is 7. The number of sulfone groups is 1. The summed E-state index contributed by atoms with van der Waals surface area (Å²) in [6, 6.07) is 4.78. The summed E-state index contributed by atoms with van der Waals surface area (Å²) in [6.07, 6.45) is 3.27. The van der Waals surface area contributed by atoms with Gasteiger partial charge in [0.15, 0.2) is 9.84 Å². The molecule has 0 bridgehead atoms. The molecule has 0 radical (unpaired) electrons. The minimum atomic E-state index is -3.21. The third-order valence-electron chi connectivity index (χ3n) is 5.48. The lowest BCUT2D eigenvalue weighted by Crippen LogP contribution is -2.60. The van der Waals surface area contributed by atoms with Gasteiger partial charge >= 0.3 is 0 Å². The van der Waals surface area contributed by atoms with E-state index in [1.807, 2.05) is 4.57 Å². The van der Waals surface area contributed by atoms with Crippen LogP contribution in [0.25, 0.3) is 0 Å². The monoisotopic (exact) mass is 404 g/mol. The van der Waals surface area contributed by atoms with E-state index in [1.165, 1.54) is 0 Å². The lowest BCUT2D eigenvalue weighted by molar-refractivity contribution is 0.0289. The smallest absolute Gasteiger partial charge is 0.272 e. The summed E-state index contributed by atoms with van der Waals surface area (Å²) < 4.78 is 26.8. The first-order chi connectivity index (χ1) is 13.4. The maximum Gasteiger partial charge on any atom is 0.272 e. The van der Waals surface area contributed by atoms with Gasteiger partial charge in [0.1, 0.15) is 17.8 Å². The second kappa shape index (κ2) is 7.25. The third-order valence-corrected chi connectivity index (χ3v) is 7.18. The van der Waals surface area contributed by atoms with Crippen molar-refractivity contribution in [1.29, 1.82) is 0 Å². The number of rotatable bonds is 4. The molecule has 2 aliphatic heterocycles. The second-order valence-electron chi connectivity index (χ2n) is 7.64. The molecule has 2 aromatic rings. The fraction of sp³-hybridized carbons (Fsp3) is 0.556. The van der Waals surface area contributed by atoms with Gasteiger partial charge in [-0.1, -0.05) is 6.07 Å². The maximum atomic E-state index is 12.9. The van der Waals surface area contributed by atoms with Crippen LogP contribution >= 0.6 is 0 Å². The molecule has 2 unspecified atom stereocenters. The number of piperazine rings is 1. The van der Waals surface area contributed by atoms with Crippen molar-refractivity contribution < 1.29 is 13.2 Å². The zero-order valence-electron chi connectivity index (χ0n) is 16.0. The maximum absolute atomic E-state index is 12.9. The molecule has 2 atom stereocenters. The van der Waals surface area contributed by atoms with Gasteiger partial charge in [0.05, 0.1) is 24.1 Å². The summed E-state index contributed by atoms with van der Waals surface area (Å²) >= 11 is 0. The molecule has 4 heterocycles. The first-order valence-electron chi connectivity index (χ1n) is 9.40. The molecule has 28 heavy (non-hydrogen) atoms. The average Bonchev–Trinajstić information content (AvgIpc) is 3.25. The highest BCUT2D eigenvalue weighted by Crippen LogP contribution is 2.29. The van der Waals surface area contributed by atoms with Crippen molar-refractivity contribution >= 4 is 15.7 Å². The number of carbonyl (C=O) groups excluding carboxylic acids is 1. The quantitative estimate of drug-likeness (QED) is 0.726. The fourth-order valence-electron chi connectivity index (χ4n) is 4.10. The van der Waals surface area contributed by atoms with Crippen LogP contribution in [0.2, 0.25) is 0 Å². The van der Waals surface area contributed by atoms with E-state index in [2.05, 4.69) is 33.9 Å². The van der Waals surface area contributed by atoms with E-state index in [1.54, 1.807) is 35.6 Å². The van der Waals surface area contributed by atoms with Crippen LogP contribution in [0.4, 0.5) is 0 Å². The minimum Gasteiger partial charge on any atom is -0.330 e. The molecule has 2 aromatic heterocycles. The van der Waals surface area contributed by atoms with Crippen molar-refractivity contribution in [3.8, 4) is 0 Å². The Labute approximate surface area is 164 Å². The summed E-state index contributed by atoms with van der Waals surface area (Å²) in [4.78, 5) is 20.9. The molecule has 0 saturated carbocycles. The first-order valence-corrected chi connectivity index (χ1v) is 11.2. The van der Waals surface area contributed by atoms with Gasteiger partial charge in [-0.3, -0.25) is 14.7 Å². The number of fused-ring (bicyclic) bond motifs is 1. The number of hydrogen-bond donors (Lipinski definition) is 0. The largest absolute Gasteiger partial charge is 0.330 e. The van der Waals surface area contributed by atoms with Gasteiger partial charge in [0.2, 0.25) is 0 Å². The highest BCUT2D eigenvalue weighted by atomic mass is 32.2. The SMILES string of the molecule is CC(C)n1cnnc1CN1CCN(C(=O)c2ccccn2)C2CS(=O)(=O)CC21. The van der Waals surface area contributed by atoms with Gasteiger partial charge in [0, 0.05) is 31.4 Å². The van der Waals surface area contributed by atoms with Crippen molar-refractivity contribution in [3.63, 3.8) is 0 Å². The first kappa shape index (κ1) is 19.0. The number of carbonyl (C=O) groups is 1. The van der Waals surface area contributed by atoms with Gasteiger partial charge in [-0.05, 0) is 26.0 Å². The van der Waals surface area contributed by atoms with E-state index in [-0.39, 0.29) is 35.5 Å². The second-order valence-corrected chi connectivity index (χ2v) is 9.80. The molecule has 0 aromatic carbocycles. The summed E-state index contributed by atoms with van der Waals surface area (Å²) in [6.45, 7) is 5.67. The van der Waals surface area contributed by atoms with Crippen LogP contribution in [-0.4, -0.2) is 80.6 Å². The van der Waals surface area contributed by atoms with Crippen LogP contribution < -0.4 is 0 Å². The minimum absolute atomic E-state index is 0.0103. The van der Waals surface area contributed by atoms with Crippen molar-refractivity contribution in [2.45, 2.75) is 38.5 Å². The van der Waals surface area contributed by atoms with Crippen LogP contribution in [-0.2, 0) is 16.4 Å². The Bertz CT molecular complexity index is 959. The molecule has 150 valence electrons. The standard InChI is InChI=1S/C18H24N6O3S/c1-13(2)24-12-20-21-17(24)9-22-7-8-23(16-11-28(26,27)10-15(16)22)18(25)14-5-3-4-6-19-14/h3-6,12-13,15-16H,7-11H2,1-2H3. The van der Waals surface area contributed by atoms with E-state index in [4.69, 9.17) is 0 Å². The highest BCUT2D eigenvalue weighted by Gasteiger charge is 2.48. The van der Waals surface area contributed by atoms with Gasteiger partial charge in [-0.25, -0.2) is 8.42 Å². The fourth-order valence-corrected chi connectivity index (χ4v) is 6.11. The number of aromatic nitrogens is 4. The van der Waals surface area contributed by atoms with Crippen LogP contribution in [0.3, 0.4) is 0 Å². The number of pyridine rings is 1. The Morgan fingerprint density at radius 2 is 2.00 bits per heavy atom. The van der Waals surface area contributed by atoms with Gasteiger partial charge < -0.3 is 9.47 Å². The Morgan fingerprint density at radius 3 is 2.71 bits per heavy atom. The van der Waals surface area contributed by atoms with Gasteiger partial charge in [-0.15, -0.1) is 10.2 Å².